The summed E-state index contributed by atoms with van der Waals surface area (Å²) >= 11 is 0. The van der Waals surface area contributed by atoms with Gasteiger partial charge in [0.1, 0.15) is 22.5 Å². The fraction of sp³-hybridized carbons (Fsp3) is 0.278. The van der Waals surface area contributed by atoms with E-state index in [9.17, 15) is 20.1 Å². The summed E-state index contributed by atoms with van der Waals surface area (Å²) in [4.78, 5) is 12.8. The van der Waals surface area contributed by atoms with Crippen LogP contribution in [0.3, 0.4) is 0 Å². The van der Waals surface area contributed by atoms with E-state index >= 15 is 0 Å². The van der Waals surface area contributed by atoms with Crippen LogP contribution < -0.4 is 10.2 Å². The molecule has 1 aliphatic heterocycles. The maximum absolute atomic E-state index is 12.8. The van der Waals surface area contributed by atoms with Crippen LogP contribution in [0.2, 0.25) is 0 Å². The fourth-order valence-corrected chi connectivity index (χ4v) is 3.45. The van der Waals surface area contributed by atoms with Crippen molar-refractivity contribution in [2.75, 3.05) is 0 Å². The number of phenols is 2. The third kappa shape index (κ3) is 1.89. The average molecular weight is 328 g/mol. The maximum Gasteiger partial charge on any atom is 0.204 e. The predicted octanol–water partition coefficient (Wildman–Crippen LogP) is 2.74. The number of fused-ring (bicyclic) bond motifs is 4. The zero-order valence-electron chi connectivity index (χ0n) is 13.2. The van der Waals surface area contributed by atoms with Crippen molar-refractivity contribution in [3.8, 4) is 17.2 Å². The van der Waals surface area contributed by atoms with Gasteiger partial charge in [-0.2, -0.15) is 0 Å². The summed E-state index contributed by atoms with van der Waals surface area (Å²) < 4.78 is 11.2. The van der Waals surface area contributed by atoms with Crippen molar-refractivity contribution in [1.82, 2.24) is 0 Å². The van der Waals surface area contributed by atoms with Gasteiger partial charge < -0.3 is 24.5 Å². The number of phenolic OH excluding ortho intramolecular Hbond substituents is 2. The van der Waals surface area contributed by atoms with Crippen LogP contribution in [-0.2, 0) is 5.41 Å². The molecule has 2 heterocycles. The molecule has 2 aromatic carbocycles. The molecule has 0 radical (unpaired) electrons. The summed E-state index contributed by atoms with van der Waals surface area (Å²) in [5.41, 5.74) is -0.162. The Labute approximate surface area is 136 Å². The Bertz CT molecular complexity index is 1050. The Kier molecular flexibility index (Phi) is 2.87. The number of aliphatic hydroxyl groups is 1. The van der Waals surface area contributed by atoms with E-state index in [4.69, 9.17) is 9.15 Å². The smallest absolute Gasteiger partial charge is 0.204 e. The molecule has 1 aliphatic rings. The Morgan fingerprint density at radius 3 is 2.67 bits per heavy atom. The first kappa shape index (κ1) is 14.8. The highest BCUT2D eigenvalue weighted by molar-refractivity contribution is 5.97. The second kappa shape index (κ2) is 4.64. The summed E-state index contributed by atoms with van der Waals surface area (Å²) in [5, 5.41) is 30.5. The van der Waals surface area contributed by atoms with Crippen molar-refractivity contribution >= 4 is 21.9 Å². The van der Waals surface area contributed by atoms with Crippen LogP contribution in [0.15, 0.2) is 33.5 Å². The normalized spacial score (nSPS) is 19.2. The van der Waals surface area contributed by atoms with Crippen LogP contribution in [0.5, 0.6) is 17.2 Å². The molecule has 0 aliphatic carbocycles. The molecular weight excluding hydrogens is 312 g/mol. The highest BCUT2D eigenvalue weighted by Gasteiger charge is 2.38. The number of hydrogen-bond donors (Lipinski definition) is 3. The first-order valence-electron chi connectivity index (χ1n) is 7.59. The second-order valence-corrected chi connectivity index (χ2v) is 6.72. The van der Waals surface area contributed by atoms with Gasteiger partial charge in [0.2, 0.25) is 5.43 Å². The van der Waals surface area contributed by atoms with Gasteiger partial charge in [0, 0.05) is 23.5 Å². The minimum absolute atomic E-state index is 0.0416. The molecule has 3 aromatic rings. The van der Waals surface area contributed by atoms with Crippen molar-refractivity contribution in [2.45, 2.75) is 32.0 Å². The van der Waals surface area contributed by atoms with Crippen LogP contribution in [-0.4, -0.2) is 21.6 Å². The van der Waals surface area contributed by atoms with Gasteiger partial charge in [-0.1, -0.05) is 19.9 Å². The summed E-state index contributed by atoms with van der Waals surface area (Å²) in [7, 11) is 0. The van der Waals surface area contributed by atoms with E-state index in [1.165, 1.54) is 18.2 Å². The number of rotatable bonds is 0. The lowest BCUT2D eigenvalue weighted by Gasteiger charge is -2.35. The van der Waals surface area contributed by atoms with Gasteiger partial charge in [-0.05, 0) is 12.1 Å². The summed E-state index contributed by atoms with van der Waals surface area (Å²) in [6.07, 6.45) is -0.701. The SMILES string of the molecule is CC1(C)CC(O)Oc2cc(O)c3c(=O)c4cccc(O)c4oc3c21. The first-order chi connectivity index (χ1) is 11.3. The highest BCUT2D eigenvalue weighted by Crippen LogP contribution is 2.47. The molecule has 3 N–H and O–H groups in total. The number of ether oxygens (including phenoxy) is 1. The third-order valence-corrected chi connectivity index (χ3v) is 4.52. The Morgan fingerprint density at radius 1 is 1.17 bits per heavy atom. The van der Waals surface area contributed by atoms with E-state index in [1.54, 1.807) is 6.07 Å². The van der Waals surface area contributed by atoms with Gasteiger partial charge in [-0.3, -0.25) is 4.79 Å². The standard InChI is InChI=1S/C18H16O6/c1-18(2)7-12(21)23-11-6-10(20)13-15(22)8-4-3-5-9(19)16(8)24-17(13)14(11)18/h3-6,12,19-21H,7H2,1-2H3. The van der Waals surface area contributed by atoms with Crippen molar-refractivity contribution in [2.24, 2.45) is 0 Å². The van der Waals surface area contributed by atoms with E-state index < -0.39 is 17.1 Å². The van der Waals surface area contributed by atoms with Gasteiger partial charge in [0.05, 0.1) is 5.39 Å². The molecule has 1 aromatic heterocycles. The van der Waals surface area contributed by atoms with Crippen molar-refractivity contribution in [3.05, 3.63) is 40.1 Å². The van der Waals surface area contributed by atoms with Gasteiger partial charge in [-0.15, -0.1) is 0 Å². The molecule has 6 heteroatoms. The number of benzene rings is 2. The van der Waals surface area contributed by atoms with Crippen molar-refractivity contribution < 1.29 is 24.5 Å². The lowest BCUT2D eigenvalue weighted by molar-refractivity contribution is -0.0495. The molecule has 0 saturated heterocycles. The van der Waals surface area contributed by atoms with E-state index in [0.717, 1.165) is 0 Å². The van der Waals surface area contributed by atoms with Gasteiger partial charge >= 0.3 is 0 Å². The first-order valence-corrected chi connectivity index (χ1v) is 7.59. The number of aliphatic hydroxyl groups excluding tert-OH is 1. The van der Waals surface area contributed by atoms with E-state index in [2.05, 4.69) is 0 Å². The van der Waals surface area contributed by atoms with Gasteiger partial charge in [0.25, 0.3) is 0 Å². The van der Waals surface area contributed by atoms with E-state index in [-0.39, 0.29) is 39.2 Å². The molecule has 0 bridgehead atoms. The van der Waals surface area contributed by atoms with Gasteiger partial charge in [-0.25, -0.2) is 0 Å². The van der Waals surface area contributed by atoms with Gasteiger partial charge in [0.15, 0.2) is 17.6 Å². The van der Waals surface area contributed by atoms with Crippen LogP contribution in [0, 0.1) is 0 Å². The number of para-hydroxylation sites is 1. The molecule has 0 saturated carbocycles. The van der Waals surface area contributed by atoms with Crippen LogP contribution in [0.4, 0.5) is 0 Å². The highest BCUT2D eigenvalue weighted by atomic mass is 16.6. The quantitative estimate of drug-likeness (QED) is 0.549. The van der Waals surface area contributed by atoms with Crippen LogP contribution in [0.25, 0.3) is 21.9 Å². The predicted molar refractivity (Wildman–Crippen MR) is 87.6 cm³/mol. The lowest BCUT2D eigenvalue weighted by Crippen LogP contribution is -2.34. The van der Waals surface area contributed by atoms with Crippen molar-refractivity contribution in [3.63, 3.8) is 0 Å². The van der Waals surface area contributed by atoms with E-state index in [0.29, 0.717) is 12.0 Å². The molecule has 0 spiro atoms. The minimum Gasteiger partial charge on any atom is -0.507 e. The zero-order chi connectivity index (χ0) is 17.2. The molecule has 6 nitrogen and oxygen atoms in total. The third-order valence-electron chi connectivity index (χ3n) is 4.52. The molecule has 4 rings (SSSR count). The van der Waals surface area contributed by atoms with Crippen LogP contribution >= 0.6 is 0 Å². The van der Waals surface area contributed by atoms with Crippen LogP contribution in [0.1, 0.15) is 25.8 Å². The maximum atomic E-state index is 12.8. The molecule has 124 valence electrons. The number of aromatic hydroxyl groups is 2. The zero-order valence-corrected chi connectivity index (χ0v) is 13.2. The monoisotopic (exact) mass is 328 g/mol. The Balaban J connectivity index is 2.25. The topological polar surface area (TPSA) is 100 Å². The summed E-state index contributed by atoms with van der Waals surface area (Å²) in [5.74, 6) is -0.174. The lowest BCUT2D eigenvalue weighted by atomic mass is 9.78. The van der Waals surface area contributed by atoms with E-state index in [1.807, 2.05) is 13.8 Å². The summed E-state index contributed by atoms with van der Waals surface area (Å²) in [6, 6.07) is 5.83. The minimum atomic E-state index is -1.01. The largest absolute Gasteiger partial charge is 0.507 e. The molecule has 1 atom stereocenters. The molecule has 1 unspecified atom stereocenters. The molecular formula is C18H16O6. The summed E-state index contributed by atoms with van der Waals surface area (Å²) in [6.45, 7) is 3.78. The Hall–Kier alpha value is -2.73. The Morgan fingerprint density at radius 2 is 1.92 bits per heavy atom. The molecule has 0 amide bonds. The fourth-order valence-electron chi connectivity index (χ4n) is 3.45. The average Bonchev–Trinajstić information content (AvgIpc) is 2.46. The second-order valence-electron chi connectivity index (χ2n) is 6.72. The molecule has 0 fully saturated rings. The molecule has 24 heavy (non-hydrogen) atoms. The number of hydrogen-bond acceptors (Lipinski definition) is 6. The van der Waals surface area contributed by atoms with Crippen molar-refractivity contribution in [1.29, 1.82) is 0 Å².